The fraction of sp³-hybridized carbons (Fsp3) is 0.154. The van der Waals surface area contributed by atoms with Gasteiger partial charge in [0.15, 0.2) is 0 Å². The molecule has 6 heteroatoms. The Hall–Kier alpha value is -2.08. The second kappa shape index (κ2) is 4.24. The normalized spacial score (nSPS) is 19.4. The van der Waals surface area contributed by atoms with Gasteiger partial charge < -0.3 is 5.11 Å². The van der Waals surface area contributed by atoms with Gasteiger partial charge in [-0.25, -0.2) is 0 Å². The molecule has 1 unspecified atom stereocenters. The van der Waals surface area contributed by atoms with Gasteiger partial charge in [-0.15, -0.1) is 0 Å². The minimum atomic E-state index is -0.525. The van der Waals surface area contributed by atoms with E-state index in [0.29, 0.717) is 11.1 Å². The molecule has 1 aromatic carbocycles. The Bertz CT molecular complexity index is 701. The number of nitrogens with zero attached hydrogens (tertiary/aromatic N) is 2. The SMILES string of the molecule is CN1C(=O)SC(c2cnc3cc(O)ccc3c2)C1=O. The van der Waals surface area contributed by atoms with Crippen molar-refractivity contribution >= 4 is 33.8 Å². The van der Waals surface area contributed by atoms with Crippen molar-refractivity contribution in [2.45, 2.75) is 5.25 Å². The summed E-state index contributed by atoms with van der Waals surface area (Å²) in [7, 11) is 1.48. The fourth-order valence-corrected chi connectivity index (χ4v) is 2.95. The zero-order valence-electron chi connectivity index (χ0n) is 10.0. The first-order valence-electron chi connectivity index (χ1n) is 5.63. The van der Waals surface area contributed by atoms with E-state index in [0.717, 1.165) is 22.0 Å². The summed E-state index contributed by atoms with van der Waals surface area (Å²) in [6.45, 7) is 0. The number of carbonyl (C=O) groups excluding carboxylic acids is 2. The summed E-state index contributed by atoms with van der Waals surface area (Å²) in [5.41, 5.74) is 1.35. The van der Waals surface area contributed by atoms with Gasteiger partial charge in [-0.3, -0.25) is 19.5 Å². The molecule has 1 saturated heterocycles. The lowest BCUT2D eigenvalue weighted by Crippen LogP contribution is -2.24. The Kier molecular flexibility index (Phi) is 2.67. The Morgan fingerprint density at radius 1 is 1.32 bits per heavy atom. The molecule has 1 atom stereocenters. The second-order valence-electron chi connectivity index (χ2n) is 4.31. The minimum Gasteiger partial charge on any atom is -0.508 e. The monoisotopic (exact) mass is 274 g/mol. The number of imide groups is 1. The average Bonchev–Trinajstić information content (AvgIpc) is 2.66. The molecule has 1 aliphatic heterocycles. The number of carbonyl (C=O) groups is 2. The lowest BCUT2D eigenvalue weighted by Gasteiger charge is -2.08. The number of phenols is 1. The molecule has 96 valence electrons. The van der Waals surface area contributed by atoms with E-state index in [1.54, 1.807) is 24.4 Å². The maximum Gasteiger partial charge on any atom is 0.289 e. The lowest BCUT2D eigenvalue weighted by molar-refractivity contribution is -0.125. The molecule has 2 aromatic rings. The zero-order valence-corrected chi connectivity index (χ0v) is 10.8. The summed E-state index contributed by atoms with van der Waals surface area (Å²) in [6.07, 6.45) is 1.57. The van der Waals surface area contributed by atoms with Crippen LogP contribution in [0.3, 0.4) is 0 Å². The van der Waals surface area contributed by atoms with Crippen LogP contribution in [0.1, 0.15) is 10.8 Å². The van der Waals surface area contributed by atoms with E-state index in [-0.39, 0.29) is 16.9 Å². The number of rotatable bonds is 1. The number of hydrogen-bond acceptors (Lipinski definition) is 5. The van der Waals surface area contributed by atoms with Gasteiger partial charge in [0, 0.05) is 24.7 Å². The van der Waals surface area contributed by atoms with Crippen molar-refractivity contribution in [2.24, 2.45) is 0 Å². The Morgan fingerprint density at radius 2 is 2.11 bits per heavy atom. The van der Waals surface area contributed by atoms with Crippen molar-refractivity contribution in [1.82, 2.24) is 9.88 Å². The van der Waals surface area contributed by atoms with E-state index in [2.05, 4.69) is 4.98 Å². The third-order valence-corrected chi connectivity index (χ3v) is 4.22. The van der Waals surface area contributed by atoms with Gasteiger partial charge in [-0.1, -0.05) is 0 Å². The van der Waals surface area contributed by atoms with Crippen LogP contribution in [0.4, 0.5) is 4.79 Å². The molecule has 0 bridgehead atoms. The standard InChI is InChI=1S/C13H10N2O3S/c1-15-12(17)11(19-13(15)18)8-4-7-2-3-9(16)5-10(7)14-6-8/h2-6,11,16H,1H3. The summed E-state index contributed by atoms with van der Waals surface area (Å²) in [6, 6.07) is 6.68. The molecular weight excluding hydrogens is 264 g/mol. The fourth-order valence-electron chi connectivity index (χ4n) is 1.98. The molecule has 5 nitrogen and oxygen atoms in total. The number of hydrogen-bond donors (Lipinski definition) is 1. The van der Waals surface area contributed by atoms with Crippen LogP contribution in [0.25, 0.3) is 10.9 Å². The summed E-state index contributed by atoms with van der Waals surface area (Å²) >= 11 is 0.995. The van der Waals surface area contributed by atoms with Crippen molar-refractivity contribution in [3.63, 3.8) is 0 Å². The molecule has 0 radical (unpaired) electrons. The van der Waals surface area contributed by atoms with Crippen molar-refractivity contribution in [3.05, 3.63) is 36.0 Å². The minimum absolute atomic E-state index is 0.147. The maximum atomic E-state index is 11.9. The van der Waals surface area contributed by atoms with Gasteiger partial charge in [0.2, 0.25) is 5.91 Å². The number of thioether (sulfide) groups is 1. The average molecular weight is 274 g/mol. The van der Waals surface area contributed by atoms with Gasteiger partial charge >= 0.3 is 0 Å². The van der Waals surface area contributed by atoms with Crippen LogP contribution < -0.4 is 0 Å². The number of fused-ring (bicyclic) bond motifs is 1. The number of likely N-dealkylation sites (N-methyl/N-ethyl adjacent to an activating group) is 1. The van der Waals surface area contributed by atoms with E-state index >= 15 is 0 Å². The number of aromatic nitrogens is 1. The molecule has 3 rings (SSSR count). The highest BCUT2D eigenvalue weighted by Crippen LogP contribution is 2.38. The lowest BCUT2D eigenvalue weighted by atomic mass is 10.1. The molecule has 1 fully saturated rings. The zero-order chi connectivity index (χ0) is 13.6. The third kappa shape index (κ3) is 1.94. The van der Waals surface area contributed by atoms with Crippen LogP contribution in [0.15, 0.2) is 30.5 Å². The predicted molar refractivity (Wildman–Crippen MR) is 71.9 cm³/mol. The van der Waals surface area contributed by atoms with E-state index < -0.39 is 5.25 Å². The van der Waals surface area contributed by atoms with E-state index in [9.17, 15) is 14.7 Å². The number of phenolic OH excluding ortho intramolecular Hbond substituents is 1. The quantitative estimate of drug-likeness (QED) is 0.864. The van der Waals surface area contributed by atoms with Gasteiger partial charge in [0.1, 0.15) is 11.0 Å². The summed E-state index contributed by atoms with van der Waals surface area (Å²) in [5, 5.41) is 9.42. The van der Waals surface area contributed by atoms with E-state index in [1.807, 2.05) is 6.07 Å². The van der Waals surface area contributed by atoms with Crippen molar-refractivity contribution in [1.29, 1.82) is 0 Å². The first-order chi connectivity index (χ1) is 9.06. The Morgan fingerprint density at radius 3 is 2.79 bits per heavy atom. The smallest absolute Gasteiger partial charge is 0.289 e. The molecule has 0 aliphatic carbocycles. The first kappa shape index (κ1) is 12.0. The van der Waals surface area contributed by atoms with Gasteiger partial charge in [-0.2, -0.15) is 0 Å². The highest BCUT2D eigenvalue weighted by Gasteiger charge is 2.38. The van der Waals surface area contributed by atoms with Crippen molar-refractivity contribution < 1.29 is 14.7 Å². The van der Waals surface area contributed by atoms with Crippen molar-refractivity contribution in [3.8, 4) is 5.75 Å². The summed E-state index contributed by atoms with van der Waals surface area (Å²) < 4.78 is 0. The van der Waals surface area contributed by atoms with Crippen LogP contribution in [0.5, 0.6) is 5.75 Å². The molecule has 2 amide bonds. The number of aromatic hydroxyl groups is 1. The Balaban J connectivity index is 2.05. The Labute approximate surface area is 113 Å². The van der Waals surface area contributed by atoms with E-state index in [1.165, 1.54) is 7.05 Å². The molecule has 1 aromatic heterocycles. The molecular formula is C13H10N2O3S. The van der Waals surface area contributed by atoms with Crippen molar-refractivity contribution in [2.75, 3.05) is 7.05 Å². The molecule has 0 saturated carbocycles. The summed E-state index contributed by atoms with van der Waals surface area (Å²) in [4.78, 5) is 28.8. The highest BCUT2D eigenvalue weighted by molar-refractivity contribution is 8.14. The van der Waals surface area contributed by atoms with E-state index in [4.69, 9.17) is 0 Å². The molecule has 1 aliphatic rings. The van der Waals surface area contributed by atoms with Gasteiger partial charge in [0.25, 0.3) is 5.24 Å². The largest absolute Gasteiger partial charge is 0.508 e. The molecule has 1 N–H and O–H groups in total. The van der Waals surface area contributed by atoms with Crippen LogP contribution in [-0.2, 0) is 4.79 Å². The molecule has 0 spiro atoms. The van der Waals surface area contributed by atoms with Crippen LogP contribution >= 0.6 is 11.8 Å². The highest BCUT2D eigenvalue weighted by atomic mass is 32.2. The number of amides is 2. The molecule has 2 heterocycles. The number of benzene rings is 1. The van der Waals surface area contributed by atoms with Gasteiger partial charge in [-0.05, 0) is 35.5 Å². The molecule has 19 heavy (non-hydrogen) atoms. The van der Waals surface area contributed by atoms with Gasteiger partial charge in [0.05, 0.1) is 5.52 Å². The first-order valence-corrected chi connectivity index (χ1v) is 6.51. The maximum absolute atomic E-state index is 11.9. The second-order valence-corrected chi connectivity index (χ2v) is 5.36. The number of pyridine rings is 1. The summed E-state index contributed by atoms with van der Waals surface area (Å²) in [5.74, 6) is -0.0797. The van der Waals surface area contributed by atoms with Crippen LogP contribution in [0, 0.1) is 0 Å². The topological polar surface area (TPSA) is 70.5 Å². The predicted octanol–water partition coefficient (Wildman–Crippen LogP) is 2.31. The van der Waals surface area contributed by atoms with Crippen LogP contribution in [0.2, 0.25) is 0 Å². The van der Waals surface area contributed by atoms with Crippen LogP contribution in [-0.4, -0.2) is 33.2 Å². The third-order valence-electron chi connectivity index (χ3n) is 3.04.